The molecule has 0 radical (unpaired) electrons. The number of pyridine rings is 1. The van der Waals surface area contributed by atoms with Crippen LogP contribution in [0.5, 0.6) is 0 Å². The minimum Gasteiger partial charge on any atom is -0.354 e. The van der Waals surface area contributed by atoms with Gasteiger partial charge in [-0.05, 0) is 31.2 Å². The molecule has 124 valence electrons. The number of hydrogen-bond acceptors (Lipinski definition) is 3. The van der Waals surface area contributed by atoms with Crippen molar-refractivity contribution in [2.75, 3.05) is 6.54 Å². The number of aryl methyl sites for hydroxylation is 1. The van der Waals surface area contributed by atoms with Gasteiger partial charge in [-0.25, -0.2) is 4.79 Å². The Balaban J connectivity index is 1.70. The number of carbonyl (C=O) groups excluding carboxylic acids is 1. The fraction of sp³-hybridized carbons (Fsp3) is 0.278. The van der Waals surface area contributed by atoms with E-state index in [2.05, 4.69) is 10.3 Å². The fourth-order valence-electron chi connectivity index (χ4n) is 2.81. The van der Waals surface area contributed by atoms with Crippen molar-refractivity contribution < 1.29 is 4.79 Å². The Kier molecular flexibility index (Phi) is 4.74. The van der Waals surface area contributed by atoms with E-state index in [9.17, 15) is 9.59 Å². The van der Waals surface area contributed by atoms with Crippen molar-refractivity contribution in [2.24, 2.45) is 0 Å². The average molecular weight is 324 g/mol. The van der Waals surface area contributed by atoms with E-state index in [0.717, 1.165) is 16.7 Å². The van der Waals surface area contributed by atoms with Gasteiger partial charge in [-0.3, -0.25) is 18.9 Å². The summed E-state index contributed by atoms with van der Waals surface area (Å²) in [6.45, 7) is 3.02. The molecule has 0 saturated heterocycles. The van der Waals surface area contributed by atoms with Gasteiger partial charge < -0.3 is 5.32 Å². The maximum absolute atomic E-state index is 12.5. The molecule has 3 rings (SSSR count). The van der Waals surface area contributed by atoms with Gasteiger partial charge in [0.05, 0.1) is 11.0 Å². The molecule has 0 saturated carbocycles. The largest absolute Gasteiger partial charge is 0.354 e. The lowest BCUT2D eigenvalue weighted by Crippen LogP contribution is -2.34. The van der Waals surface area contributed by atoms with Crippen LogP contribution in [0.2, 0.25) is 0 Å². The van der Waals surface area contributed by atoms with Crippen molar-refractivity contribution in [1.82, 2.24) is 19.4 Å². The first-order valence-corrected chi connectivity index (χ1v) is 8.05. The number of hydrogen-bond donors (Lipinski definition) is 1. The van der Waals surface area contributed by atoms with Gasteiger partial charge in [0.2, 0.25) is 5.91 Å². The van der Waals surface area contributed by atoms with E-state index in [-0.39, 0.29) is 18.1 Å². The van der Waals surface area contributed by atoms with E-state index in [4.69, 9.17) is 0 Å². The summed E-state index contributed by atoms with van der Waals surface area (Å²) in [5.41, 5.74) is 2.41. The summed E-state index contributed by atoms with van der Waals surface area (Å²) in [4.78, 5) is 28.9. The molecule has 0 fully saturated rings. The molecule has 1 N–H and O–H groups in total. The van der Waals surface area contributed by atoms with Gasteiger partial charge in [0, 0.05) is 31.4 Å². The van der Waals surface area contributed by atoms with Crippen molar-refractivity contribution in [3.8, 4) is 0 Å². The highest BCUT2D eigenvalue weighted by Crippen LogP contribution is 2.12. The molecule has 24 heavy (non-hydrogen) atoms. The first-order chi connectivity index (χ1) is 11.7. The molecule has 3 aromatic rings. The molecule has 6 nitrogen and oxygen atoms in total. The van der Waals surface area contributed by atoms with Crippen LogP contribution < -0.4 is 11.0 Å². The van der Waals surface area contributed by atoms with Gasteiger partial charge in [-0.1, -0.05) is 18.2 Å². The minimum absolute atomic E-state index is 0.0224. The predicted octanol–water partition coefficient (Wildman–Crippen LogP) is 1.58. The van der Waals surface area contributed by atoms with Crippen molar-refractivity contribution in [3.63, 3.8) is 0 Å². The standard InChI is InChI=1S/C18H20N4O2/c1-2-21-15-8-3-4-9-16(15)22(18(21)24)13-17(23)20-12-10-14-7-5-6-11-19-14/h3-9,11H,2,10,12-13H2,1H3,(H,20,23). The Morgan fingerprint density at radius 2 is 1.79 bits per heavy atom. The number of rotatable bonds is 6. The topological polar surface area (TPSA) is 68.9 Å². The van der Waals surface area contributed by atoms with Crippen molar-refractivity contribution in [2.45, 2.75) is 26.4 Å². The number of aromatic nitrogens is 3. The van der Waals surface area contributed by atoms with Gasteiger partial charge in [0.25, 0.3) is 0 Å². The van der Waals surface area contributed by atoms with E-state index in [0.29, 0.717) is 19.5 Å². The first-order valence-electron chi connectivity index (χ1n) is 8.05. The summed E-state index contributed by atoms with van der Waals surface area (Å²) >= 11 is 0. The highest BCUT2D eigenvalue weighted by atomic mass is 16.2. The summed E-state index contributed by atoms with van der Waals surface area (Å²) in [5, 5.41) is 2.85. The third-order valence-electron chi connectivity index (χ3n) is 3.97. The molecule has 0 aliphatic carbocycles. The molecule has 6 heteroatoms. The first kappa shape index (κ1) is 16.0. The fourth-order valence-corrected chi connectivity index (χ4v) is 2.81. The normalized spacial score (nSPS) is 10.9. The summed E-state index contributed by atoms with van der Waals surface area (Å²) in [7, 11) is 0. The number of amides is 1. The van der Waals surface area contributed by atoms with E-state index < -0.39 is 0 Å². The van der Waals surface area contributed by atoms with Crippen LogP contribution in [0.4, 0.5) is 0 Å². The molecule has 0 atom stereocenters. The third kappa shape index (κ3) is 3.22. The molecule has 2 heterocycles. The Labute approximate surface area is 139 Å². The van der Waals surface area contributed by atoms with Crippen LogP contribution in [-0.4, -0.2) is 26.6 Å². The lowest BCUT2D eigenvalue weighted by Gasteiger charge is -2.06. The van der Waals surface area contributed by atoms with E-state index in [1.807, 2.05) is 49.4 Å². The van der Waals surface area contributed by atoms with Crippen LogP contribution in [0, 0.1) is 0 Å². The van der Waals surface area contributed by atoms with E-state index in [1.165, 1.54) is 4.57 Å². The molecule has 0 spiro atoms. The zero-order valence-corrected chi connectivity index (χ0v) is 13.6. The minimum atomic E-state index is -0.174. The van der Waals surface area contributed by atoms with Crippen LogP contribution in [0.3, 0.4) is 0 Å². The second-order valence-electron chi connectivity index (χ2n) is 5.52. The van der Waals surface area contributed by atoms with Crippen molar-refractivity contribution >= 4 is 16.9 Å². The SMILES string of the molecule is CCn1c(=O)n(CC(=O)NCCc2ccccn2)c2ccccc21. The van der Waals surface area contributed by atoms with Crippen LogP contribution in [0.25, 0.3) is 11.0 Å². The Morgan fingerprint density at radius 1 is 1.08 bits per heavy atom. The van der Waals surface area contributed by atoms with E-state index >= 15 is 0 Å². The molecular formula is C18H20N4O2. The summed E-state index contributed by atoms with van der Waals surface area (Å²) < 4.78 is 3.20. The van der Waals surface area contributed by atoms with Crippen molar-refractivity contribution in [3.05, 3.63) is 64.8 Å². The Morgan fingerprint density at radius 3 is 2.46 bits per heavy atom. The van der Waals surface area contributed by atoms with Crippen LogP contribution in [-0.2, 0) is 24.3 Å². The molecule has 0 unspecified atom stereocenters. The van der Waals surface area contributed by atoms with Crippen LogP contribution >= 0.6 is 0 Å². The second-order valence-corrected chi connectivity index (χ2v) is 5.52. The number of fused-ring (bicyclic) bond motifs is 1. The molecule has 0 aliphatic rings. The van der Waals surface area contributed by atoms with E-state index in [1.54, 1.807) is 10.8 Å². The maximum Gasteiger partial charge on any atom is 0.329 e. The van der Waals surface area contributed by atoms with Gasteiger partial charge in [0.15, 0.2) is 0 Å². The number of para-hydroxylation sites is 2. The quantitative estimate of drug-likeness (QED) is 0.748. The summed E-state index contributed by atoms with van der Waals surface area (Å²) in [6, 6.07) is 13.2. The maximum atomic E-state index is 12.5. The van der Waals surface area contributed by atoms with Gasteiger partial charge in [-0.2, -0.15) is 0 Å². The summed E-state index contributed by atoms with van der Waals surface area (Å²) in [5.74, 6) is -0.174. The molecule has 1 amide bonds. The highest BCUT2D eigenvalue weighted by molar-refractivity contribution is 5.80. The number of imidazole rings is 1. The molecule has 2 aromatic heterocycles. The second kappa shape index (κ2) is 7.12. The Bertz CT molecular complexity index is 896. The smallest absolute Gasteiger partial charge is 0.329 e. The number of nitrogens with one attached hydrogen (secondary N) is 1. The number of nitrogens with zero attached hydrogens (tertiary/aromatic N) is 3. The third-order valence-corrected chi connectivity index (χ3v) is 3.97. The molecule has 1 aromatic carbocycles. The molecular weight excluding hydrogens is 304 g/mol. The summed E-state index contributed by atoms with van der Waals surface area (Å²) in [6.07, 6.45) is 2.40. The lowest BCUT2D eigenvalue weighted by atomic mass is 10.3. The van der Waals surface area contributed by atoms with Crippen LogP contribution in [0.15, 0.2) is 53.5 Å². The Hall–Kier alpha value is -2.89. The highest BCUT2D eigenvalue weighted by Gasteiger charge is 2.14. The average Bonchev–Trinajstić information content (AvgIpc) is 2.87. The number of benzene rings is 1. The van der Waals surface area contributed by atoms with Crippen molar-refractivity contribution in [1.29, 1.82) is 0 Å². The van der Waals surface area contributed by atoms with Gasteiger partial charge in [-0.15, -0.1) is 0 Å². The zero-order valence-electron chi connectivity index (χ0n) is 13.6. The van der Waals surface area contributed by atoms with Gasteiger partial charge >= 0.3 is 5.69 Å². The lowest BCUT2D eigenvalue weighted by molar-refractivity contribution is -0.121. The van der Waals surface area contributed by atoms with Gasteiger partial charge in [0.1, 0.15) is 6.54 Å². The molecule has 0 aliphatic heterocycles. The molecule has 0 bridgehead atoms. The monoisotopic (exact) mass is 324 g/mol. The predicted molar refractivity (Wildman–Crippen MR) is 92.8 cm³/mol. The number of carbonyl (C=O) groups is 1. The zero-order chi connectivity index (χ0) is 16.9. The van der Waals surface area contributed by atoms with Crippen LogP contribution in [0.1, 0.15) is 12.6 Å².